The van der Waals surface area contributed by atoms with Crippen LogP contribution in [0.4, 0.5) is 0 Å². The molecule has 5 heteroatoms. The van der Waals surface area contributed by atoms with Crippen LogP contribution >= 0.6 is 0 Å². The number of likely N-dealkylation sites (tertiary alicyclic amines) is 1. The number of pyridine rings is 1. The van der Waals surface area contributed by atoms with Gasteiger partial charge in [0.05, 0.1) is 11.3 Å². The van der Waals surface area contributed by atoms with Crippen LogP contribution in [0.2, 0.25) is 0 Å². The first kappa shape index (κ1) is 17.9. The molecular weight excluding hydrogens is 328 g/mol. The zero-order valence-corrected chi connectivity index (χ0v) is 15.1. The summed E-state index contributed by atoms with van der Waals surface area (Å²) in [4.78, 5) is 31.2. The van der Waals surface area contributed by atoms with Crippen molar-refractivity contribution in [1.29, 1.82) is 0 Å². The number of aliphatic hydroxyl groups is 1. The Balaban J connectivity index is 2.17. The number of amides is 1. The number of hydrogen-bond acceptors (Lipinski definition) is 4. The molecule has 5 nitrogen and oxygen atoms in total. The van der Waals surface area contributed by atoms with E-state index in [-0.39, 0.29) is 17.3 Å². The van der Waals surface area contributed by atoms with Gasteiger partial charge in [-0.15, -0.1) is 0 Å². The predicted molar refractivity (Wildman–Crippen MR) is 99.3 cm³/mol. The van der Waals surface area contributed by atoms with E-state index in [9.17, 15) is 14.7 Å². The molecule has 1 unspecified atom stereocenters. The number of carbonyl (C=O) groups is 2. The third-order valence-corrected chi connectivity index (χ3v) is 4.39. The molecule has 1 aromatic carbocycles. The van der Waals surface area contributed by atoms with Crippen LogP contribution in [0.15, 0.2) is 54.2 Å². The van der Waals surface area contributed by atoms with Crippen molar-refractivity contribution in [2.45, 2.75) is 26.8 Å². The van der Waals surface area contributed by atoms with Gasteiger partial charge in [0, 0.05) is 18.3 Å². The predicted octanol–water partition coefficient (Wildman–Crippen LogP) is 3.47. The van der Waals surface area contributed by atoms with Gasteiger partial charge in [-0.1, -0.05) is 49.7 Å². The Labute approximate surface area is 153 Å². The topological polar surface area (TPSA) is 70.5 Å². The monoisotopic (exact) mass is 350 g/mol. The summed E-state index contributed by atoms with van der Waals surface area (Å²) in [5.41, 5.74) is 2.22. The van der Waals surface area contributed by atoms with E-state index in [1.165, 1.54) is 4.90 Å². The molecule has 134 valence electrons. The highest BCUT2D eigenvalue weighted by Gasteiger charge is 2.46. The van der Waals surface area contributed by atoms with E-state index >= 15 is 0 Å². The van der Waals surface area contributed by atoms with Gasteiger partial charge < -0.3 is 10.0 Å². The number of nitrogens with zero attached hydrogens (tertiary/aromatic N) is 2. The third kappa shape index (κ3) is 3.25. The average molecular weight is 350 g/mol. The maximum absolute atomic E-state index is 12.7. The molecule has 3 rings (SSSR count). The van der Waals surface area contributed by atoms with Crippen LogP contribution in [-0.4, -0.2) is 33.2 Å². The van der Waals surface area contributed by atoms with Crippen LogP contribution in [0.1, 0.15) is 36.7 Å². The van der Waals surface area contributed by atoms with Crippen LogP contribution < -0.4 is 0 Å². The zero-order valence-electron chi connectivity index (χ0n) is 15.1. The van der Waals surface area contributed by atoms with Gasteiger partial charge in [0.25, 0.3) is 11.7 Å². The van der Waals surface area contributed by atoms with Crippen molar-refractivity contribution in [3.8, 4) is 0 Å². The molecule has 0 aliphatic carbocycles. The first-order valence-corrected chi connectivity index (χ1v) is 8.66. The summed E-state index contributed by atoms with van der Waals surface area (Å²) in [6, 6.07) is 11.9. The fourth-order valence-electron chi connectivity index (χ4n) is 3.17. The van der Waals surface area contributed by atoms with Gasteiger partial charge in [0.15, 0.2) is 0 Å². The number of aliphatic hydroxyl groups excluding tert-OH is 1. The Hall–Kier alpha value is -2.95. The van der Waals surface area contributed by atoms with Crippen molar-refractivity contribution in [2.75, 3.05) is 6.54 Å². The lowest BCUT2D eigenvalue weighted by Crippen LogP contribution is -2.33. The maximum atomic E-state index is 12.7. The van der Waals surface area contributed by atoms with E-state index in [2.05, 4.69) is 4.98 Å². The normalized spacial score (nSPS) is 19.4. The van der Waals surface area contributed by atoms with Crippen LogP contribution in [0.25, 0.3) is 5.76 Å². The minimum Gasteiger partial charge on any atom is -0.507 e. The lowest BCUT2D eigenvalue weighted by atomic mass is 9.97. The summed E-state index contributed by atoms with van der Waals surface area (Å²) < 4.78 is 0. The largest absolute Gasteiger partial charge is 0.507 e. The SMILES string of the molecule is Cc1ccc(C(O)=C2C(=O)C(=O)N(CC(C)C)C2c2ccccn2)cc1. The third-order valence-electron chi connectivity index (χ3n) is 4.39. The van der Waals surface area contributed by atoms with Gasteiger partial charge in [0.2, 0.25) is 0 Å². The highest BCUT2D eigenvalue weighted by atomic mass is 16.3. The number of carbonyl (C=O) groups excluding carboxylic acids is 2. The van der Waals surface area contributed by atoms with E-state index < -0.39 is 17.7 Å². The number of hydrogen-bond donors (Lipinski definition) is 1. The average Bonchev–Trinajstić information content (AvgIpc) is 2.87. The molecule has 2 aromatic rings. The summed E-state index contributed by atoms with van der Waals surface area (Å²) in [5.74, 6) is -1.24. The quantitative estimate of drug-likeness (QED) is 0.521. The molecule has 0 radical (unpaired) electrons. The number of aromatic nitrogens is 1. The fourth-order valence-corrected chi connectivity index (χ4v) is 3.17. The molecule has 1 amide bonds. The molecule has 0 saturated carbocycles. The van der Waals surface area contributed by atoms with E-state index in [1.54, 1.807) is 30.5 Å². The van der Waals surface area contributed by atoms with E-state index in [1.807, 2.05) is 39.0 Å². The molecule has 1 fully saturated rings. The Morgan fingerprint density at radius 3 is 2.42 bits per heavy atom. The lowest BCUT2D eigenvalue weighted by molar-refractivity contribution is -0.140. The summed E-state index contributed by atoms with van der Waals surface area (Å²) in [6.07, 6.45) is 1.62. The first-order chi connectivity index (χ1) is 12.4. The van der Waals surface area contributed by atoms with Gasteiger partial charge >= 0.3 is 0 Å². The Morgan fingerprint density at radius 2 is 1.85 bits per heavy atom. The van der Waals surface area contributed by atoms with Crippen molar-refractivity contribution in [1.82, 2.24) is 9.88 Å². The molecule has 0 spiro atoms. The standard InChI is InChI=1S/C21H22N2O3/c1-13(2)12-23-18(16-6-4-5-11-22-16)17(20(25)21(23)26)19(24)15-9-7-14(3)8-10-15/h4-11,13,18,24H,12H2,1-3H3. The summed E-state index contributed by atoms with van der Waals surface area (Å²) >= 11 is 0. The van der Waals surface area contributed by atoms with Crippen molar-refractivity contribution >= 4 is 17.4 Å². The van der Waals surface area contributed by atoms with E-state index in [0.717, 1.165) is 5.56 Å². The molecule has 26 heavy (non-hydrogen) atoms. The van der Waals surface area contributed by atoms with Gasteiger partial charge in [-0.3, -0.25) is 14.6 Å². The number of Topliss-reactive ketones (excluding diaryl/α,β-unsaturated/α-hetero) is 1. The van der Waals surface area contributed by atoms with Crippen LogP contribution in [-0.2, 0) is 9.59 Å². The molecule has 1 N–H and O–H groups in total. The molecular formula is C21H22N2O3. The summed E-state index contributed by atoms with van der Waals surface area (Å²) in [7, 11) is 0. The highest BCUT2D eigenvalue weighted by Crippen LogP contribution is 2.38. The van der Waals surface area contributed by atoms with Gasteiger partial charge in [0.1, 0.15) is 11.8 Å². The fraction of sp³-hybridized carbons (Fsp3) is 0.286. The number of ketones is 1. The zero-order chi connectivity index (χ0) is 18.8. The van der Waals surface area contributed by atoms with Crippen molar-refractivity contribution in [3.05, 3.63) is 71.1 Å². The molecule has 0 bridgehead atoms. The number of benzene rings is 1. The minimum absolute atomic E-state index is 0.0956. The Morgan fingerprint density at radius 1 is 1.15 bits per heavy atom. The second kappa shape index (κ2) is 7.12. The van der Waals surface area contributed by atoms with Gasteiger partial charge in [-0.25, -0.2) is 0 Å². The van der Waals surface area contributed by atoms with E-state index in [4.69, 9.17) is 0 Å². The van der Waals surface area contributed by atoms with Crippen molar-refractivity contribution < 1.29 is 14.7 Å². The van der Waals surface area contributed by atoms with Crippen LogP contribution in [0.5, 0.6) is 0 Å². The maximum Gasteiger partial charge on any atom is 0.295 e. The highest BCUT2D eigenvalue weighted by molar-refractivity contribution is 6.46. The van der Waals surface area contributed by atoms with Gasteiger partial charge in [-0.2, -0.15) is 0 Å². The van der Waals surface area contributed by atoms with Crippen molar-refractivity contribution in [2.24, 2.45) is 5.92 Å². The number of aryl methyl sites for hydroxylation is 1. The number of rotatable bonds is 4. The molecule has 1 aliphatic rings. The minimum atomic E-state index is -0.681. The molecule has 1 saturated heterocycles. The molecule has 2 heterocycles. The summed E-state index contributed by atoms with van der Waals surface area (Å²) in [5, 5.41) is 10.8. The van der Waals surface area contributed by atoms with Crippen LogP contribution in [0, 0.1) is 12.8 Å². The lowest BCUT2D eigenvalue weighted by Gasteiger charge is -2.26. The second-order valence-electron chi connectivity index (χ2n) is 6.97. The smallest absolute Gasteiger partial charge is 0.295 e. The van der Waals surface area contributed by atoms with Crippen molar-refractivity contribution in [3.63, 3.8) is 0 Å². The van der Waals surface area contributed by atoms with E-state index in [0.29, 0.717) is 17.8 Å². The van der Waals surface area contributed by atoms with Crippen LogP contribution in [0.3, 0.4) is 0 Å². The first-order valence-electron chi connectivity index (χ1n) is 8.66. The molecule has 1 atom stereocenters. The second-order valence-corrected chi connectivity index (χ2v) is 6.97. The summed E-state index contributed by atoms with van der Waals surface area (Å²) in [6.45, 7) is 6.32. The Bertz CT molecular complexity index is 855. The molecule has 1 aliphatic heterocycles. The molecule has 1 aromatic heterocycles. The Kier molecular flexibility index (Phi) is 4.89. The van der Waals surface area contributed by atoms with Gasteiger partial charge in [-0.05, 0) is 25.0 Å².